The molecule has 2 N–H and O–H groups in total. The Balaban J connectivity index is 1.40. The number of hydrogen-bond donors (Lipinski definition) is 2. The van der Waals surface area contributed by atoms with Crippen LogP contribution in [-0.2, 0) is 28.6 Å². The van der Waals surface area contributed by atoms with Gasteiger partial charge in [0.15, 0.2) is 0 Å². The smallest absolute Gasteiger partial charge is 0.335 e. The van der Waals surface area contributed by atoms with E-state index in [9.17, 15) is 18.3 Å². The molecule has 0 saturated heterocycles. The summed E-state index contributed by atoms with van der Waals surface area (Å²) in [6.07, 6.45) is 4.06. The molecular weight excluding hydrogens is 646 g/mol. The third-order valence-electron chi connectivity index (χ3n) is 8.16. The topological polar surface area (TPSA) is 111 Å². The quantitative estimate of drug-likeness (QED) is 0.125. The van der Waals surface area contributed by atoms with Crippen molar-refractivity contribution in [3.63, 3.8) is 0 Å². The van der Waals surface area contributed by atoms with Crippen LogP contribution in [0, 0.1) is 0 Å². The second-order valence-corrected chi connectivity index (χ2v) is 13.6. The van der Waals surface area contributed by atoms with Crippen molar-refractivity contribution >= 4 is 38.5 Å². The summed E-state index contributed by atoms with van der Waals surface area (Å²) in [5.41, 5.74) is 5.87. The number of carboxylic acids is 1. The van der Waals surface area contributed by atoms with Crippen LogP contribution in [0.5, 0.6) is 5.75 Å². The number of halogens is 1. The summed E-state index contributed by atoms with van der Waals surface area (Å²) in [5.74, 6) is -0.617. The summed E-state index contributed by atoms with van der Waals surface area (Å²) in [6.45, 7) is 0.479. The van der Waals surface area contributed by atoms with Crippen molar-refractivity contribution in [3.05, 3.63) is 166 Å². The number of aromatic nitrogens is 2. The number of fused-ring (bicyclic) bond motifs is 1. The molecule has 0 spiro atoms. The number of sulfonamides is 1. The van der Waals surface area contributed by atoms with Crippen molar-refractivity contribution in [2.24, 2.45) is 0 Å². The minimum atomic E-state index is -3.64. The first kappa shape index (κ1) is 33.0. The van der Waals surface area contributed by atoms with Crippen LogP contribution in [-0.4, -0.2) is 42.2 Å². The lowest BCUT2D eigenvalue weighted by atomic mass is 9.97. The molecule has 48 heavy (non-hydrogen) atoms. The number of aromatic carboxylic acids is 1. The first-order valence-electron chi connectivity index (χ1n) is 15.5. The Morgan fingerprint density at radius 2 is 1.56 bits per heavy atom. The number of carboxylic acid groups (broad SMARTS) is 1. The molecule has 0 saturated carbocycles. The number of nitrogens with zero attached hydrogens (tertiary/aromatic N) is 2. The Kier molecular flexibility index (Phi) is 10.2. The number of pyridine rings is 1. The number of rotatable bonds is 14. The normalized spacial score (nSPS) is 11.6. The first-order valence-corrected chi connectivity index (χ1v) is 17.6. The number of ether oxygens (including phenoxy) is 1. The Morgan fingerprint density at radius 1 is 0.875 bits per heavy atom. The van der Waals surface area contributed by atoms with Crippen molar-refractivity contribution in [1.82, 2.24) is 14.3 Å². The van der Waals surface area contributed by atoms with E-state index in [4.69, 9.17) is 16.3 Å². The molecule has 0 radical (unpaired) electrons. The number of benzene rings is 4. The van der Waals surface area contributed by atoms with Gasteiger partial charge in [-0.05, 0) is 70.8 Å². The van der Waals surface area contributed by atoms with Crippen LogP contribution in [0.25, 0.3) is 10.9 Å². The second-order valence-electron chi connectivity index (χ2n) is 11.4. The fourth-order valence-electron chi connectivity index (χ4n) is 6.06. The predicted octanol–water partition coefficient (Wildman–Crippen LogP) is 7.31. The number of hydrogen-bond acceptors (Lipinski definition) is 5. The SMILES string of the molecule is O=C(O)c1ccc(OCCc2c(CCNS(=O)(=O)Cc3cccnc3)n(C(c3ccccc3)c3ccccc3)c3ccc(Cl)cc23)cc1. The van der Waals surface area contributed by atoms with Crippen LogP contribution in [0.4, 0.5) is 0 Å². The van der Waals surface area contributed by atoms with Gasteiger partial charge in [0.05, 0.1) is 24.0 Å². The molecule has 6 aromatic rings. The van der Waals surface area contributed by atoms with Gasteiger partial charge in [0.2, 0.25) is 10.0 Å². The lowest BCUT2D eigenvalue weighted by Gasteiger charge is -2.25. The molecule has 4 aromatic carbocycles. The van der Waals surface area contributed by atoms with E-state index in [-0.39, 0.29) is 23.9 Å². The van der Waals surface area contributed by atoms with Crippen LogP contribution in [0.2, 0.25) is 5.02 Å². The molecule has 0 aliphatic rings. The Hall–Kier alpha value is -4.96. The summed E-state index contributed by atoms with van der Waals surface area (Å²) < 4.78 is 37.4. The van der Waals surface area contributed by atoms with E-state index in [2.05, 4.69) is 38.5 Å². The lowest BCUT2D eigenvalue weighted by Crippen LogP contribution is -2.28. The van der Waals surface area contributed by atoms with Crippen LogP contribution in [0.15, 0.2) is 128 Å². The zero-order valence-electron chi connectivity index (χ0n) is 26.0. The van der Waals surface area contributed by atoms with E-state index in [0.717, 1.165) is 33.3 Å². The maximum absolute atomic E-state index is 13.1. The van der Waals surface area contributed by atoms with Crippen molar-refractivity contribution in [1.29, 1.82) is 0 Å². The van der Waals surface area contributed by atoms with Gasteiger partial charge in [0.1, 0.15) is 5.75 Å². The van der Waals surface area contributed by atoms with Gasteiger partial charge in [0, 0.05) is 53.4 Å². The number of carbonyl (C=O) groups is 1. The van der Waals surface area contributed by atoms with E-state index in [0.29, 0.717) is 35.8 Å². The van der Waals surface area contributed by atoms with Crippen molar-refractivity contribution < 1.29 is 23.1 Å². The largest absolute Gasteiger partial charge is 0.493 e. The third-order valence-corrected chi connectivity index (χ3v) is 9.75. The molecule has 0 amide bonds. The third kappa shape index (κ3) is 7.77. The Bertz CT molecular complexity index is 2070. The summed E-state index contributed by atoms with van der Waals surface area (Å²) in [4.78, 5) is 15.3. The molecule has 6 rings (SSSR count). The maximum Gasteiger partial charge on any atom is 0.335 e. The lowest BCUT2D eigenvalue weighted by molar-refractivity contribution is 0.0697. The van der Waals surface area contributed by atoms with Gasteiger partial charge < -0.3 is 14.4 Å². The molecule has 0 atom stereocenters. The molecule has 0 unspecified atom stereocenters. The molecule has 244 valence electrons. The molecule has 0 aliphatic carbocycles. The van der Waals surface area contributed by atoms with Crippen molar-refractivity contribution in [3.8, 4) is 5.75 Å². The minimum Gasteiger partial charge on any atom is -0.493 e. The van der Waals surface area contributed by atoms with E-state index < -0.39 is 16.0 Å². The zero-order chi connectivity index (χ0) is 33.5. The van der Waals surface area contributed by atoms with Crippen molar-refractivity contribution in [2.45, 2.75) is 24.6 Å². The molecule has 0 fully saturated rings. The molecule has 2 aromatic heterocycles. The maximum atomic E-state index is 13.1. The predicted molar refractivity (Wildman–Crippen MR) is 188 cm³/mol. The highest BCUT2D eigenvalue weighted by molar-refractivity contribution is 7.88. The molecule has 0 aliphatic heterocycles. The molecule has 2 heterocycles. The zero-order valence-corrected chi connectivity index (χ0v) is 27.6. The average molecular weight is 680 g/mol. The van der Waals surface area contributed by atoms with E-state index in [1.54, 1.807) is 36.7 Å². The average Bonchev–Trinajstić information content (AvgIpc) is 3.37. The summed E-state index contributed by atoms with van der Waals surface area (Å²) in [6, 6.07) is 35.8. The van der Waals surface area contributed by atoms with Gasteiger partial charge in [0.25, 0.3) is 0 Å². The van der Waals surface area contributed by atoms with Gasteiger partial charge in [-0.15, -0.1) is 0 Å². The minimum absolute atomic E-state index is 0.169. The molecule has 0 bridgehead atoms. The molecule has 10 heteroatoms. The van der Waals surface area contributed by atoms with Gasteiger partial charge in [-0.1, -0.05) is 78.3 Å². The Morgan fingerprint density at radius 3 is 2.19 bits per heavy atom. The summed E-state index contributed by atoms with van der Waals surface area (Å²) in [5, 5.41) is 10.8. The van der Waals surface area contributed by atoms with Gasteiger partial charge in [-0.2, -0.15) is 0 Å². The van der Waals surface area contributed by atoms with E-state index in [1.807, 2.05) is 54.6 Å². The highest BCUT2D eigenvalue weighted by atomic mass is 35.5. The van der Waals surface area contributed by atoms with Crippen LogP contribution in [0.1, 0.15) is 44.3 Å². The molecule has 8 nitrogen and oxygen atoms in total. The Labute approximate surface area is 284 Å². The highest BCUT2D eigenvalue weighted by Gasteiger charge is 2.26. The standard InChI is InChI=1S/C38H34ClN3O5S/c39-31-15-18-35-34(24-31)33(20-23-47-32-16-13-30(14-17-32)38(43)44)36(19-22-41-48(45,46)26-27-8-7-21-40-25-27)42(35)37(28-9-3-1-4-10-28)29-11-5-2-6-12-29/h1-18,21,24-25,37,41H,19-20,22-23,26H2,(H,43,44). The number of nitrogens with one attached hydrogen (secondary N) is 1. The molecular formula is C38H34ClN3O5S. The van der Waals surface area contributed by atoms with Gasteiger partial charge in [-0.25, -0.2) is 17.9 Å². The van der Waals surface area contributed by atoms with Gasteiger partial charge in [-0.3, -0.25) is 4.98 Å². The summed E-state index contributed by atoms with van der Waals surface area (Å²) >= 11 is 6.59. The fraction of sp³-hybridized carbons (Fsp3) is 0.158. The monoisotopic (exact) mass is 679 g/mol. The van der Waals surface area contributed by atoms with Crippen LogP contribution >= 0.6 is 11.6 Å². The van der Waals surface area contributed by atoms with Crippen LogP contribution < -0.4 is 9.46 Å². The van der Waals surface area contributed by atoms with Gasteiger partial charge >= 0.3 is 5.97 Å². The van der Waals surface area contributed by atoms with E-state index in [1.165, 1.54) is 12.1 Å². The van der Waals surface area contributed by atoms with Crippen molar-refractivity contribution in [2.75, 3.05) is 13.2 Å². The highest BCUT2D eigenvalue weighted by Crippen LogP contribution is 2.37. The van der Waals surface area contributed by atoms with E-state index >= 15 is 0 Å². The fourth-order valence-corrected chi connectivity index (χ4v) is 7.35. The van der Waals surface area contributed by atoms with Crippen LogP contribution in [0.3, 0.4) is 0 Å². The summed E-state index contributed by atoms with van der Waals surface area (Å²) in [7, 11) is -3.64. The first-order chi connectivity index (χ1) is 23.3. The second kappa shape index (κ2) is 14.9.